The molecule has 124 valence electrons. The van der Waals surface area contributed by atoms with Crippen LogP contribution in [0.2, 0.25) is 0 Å². The summed E-state index contributed by atoms with van der Waals surface area (Å²) in [5.74, 6) is 0.337. The largest absolute Gasteiger partial charge is 0.507 e. The molecular formula is C24H22O. The van der Waals surface area contributed by atoms with Gasteiger partial charge in [0.2, 0.25) is 0 Å². The molecule has 0 aliphatic carbocycles. The average molecular weight is 326 g/mol. The third kappa shape index (κ3) is 2.39. The molecule has 1 nitrogen and oxygen atoms in total. The second-order valence-electron chi connectivity index (χ2n) is 7.28. The highest BCUT2D eigenvalue weighted by molar-refractivity contribution is 5.94. The van der Waals surface area contributed by atoms with E-state index < -0.39 is 0 Å². The quantitative estimate of drug-likeness (QED) is 0.456. The van der Waals surface area contributed by atoms with E-state index in [9.17, 15) is 5.11 Å². The van der Waals surface area contributed by atoms with Crippen molar-refractivity contribution in [3.8, 4) is 5.75 Å². The molecule has 1 N–H and O–H groups in total. The number of rotatable bonds is 2. The normalized spacial score (nSPS) is 12.0. The number of phenols is 1. The second kappa shape index (κ2) is 5.63. The first-order valence-corrected chi connectivity index (χ1v) is 8.70. The molecule has 0 radical (unpaired) electrons. The van der Waals surface area contributed by atoms with E-state index in [0.717, 1.165) is 10.8 Å². The van der Waals surface area contributed by atoms with Crippen LogP contribution in [0.1, 0.15) is 30.5 Å². The van der Waals surface area contributed by atoms with Crippen LogP contribution in [0.15, 0.2) is 72.8 Å². The van der Waals surface area contributed by atoms with Crippen LogP contribution in [0.25, 0.3) is 21.5 Å². The predicted molar refractivity (Wildman–Crippen MR) is 106 cm³/mol. The summed E-state index contributed by atoms with van der Waals surface area (Å²) in [5, 5.41) is 14.9. The summed E-state index contributed by atoms with van der Waals surface area (Å²) in [4.78, 5) is 0. The molecule has 0 bridgehead atoms. The Labute approximate surface area is 148 Å². The lowest BCUT2D eigenvalue weighted by Gasteiger charge is -2.29. The van der Waals surface area contributed by atoms with Crippen molar-refractivity contribution in [2.24, 2.45) is 0 Å². The Bertz CT molecular complexity index is 1000. The van der Waals surface area contributed by atoms with Gasteiger partial charge >= 0.3 is 0 Å². The molecule has 0 heterocycles. The highest BCUT2D eigenvalue weighted by atomic mass is 16.3. The van der Waals surface area contributed by atoms with E-state index in [1.807, 2.05) is 24.3 Å². The smallest absolute Gasteiger partial charge is 0.123 e. The van der Waals surface area contributed by atoms with Crippen LogP contribution in [-0.4, -0.2) is 5.11 Å². The van der Waals surface area contributed by atoms with Gasteiger partial charge in [0, 0.05) is 10.8 Å². The number of aromatic hydroxyl groups is 1. The lowest BCUT2D eigenvalue weighted by atomic mass is 9.74. The van der Waals surface area contributed by atoms with E-state index in [4.69, 9.17) is 0 Å². The molecule has 0 atom stereocenters. The van der Waals surface area contributed by atoms with E-state index in [1.54, 1.807) is 0 Å². The van der Waals surface area contributed by atoms with Gasteiger partial charge in [-0.15, -0.1) is 0 Å². The zero-order valence-electron chi connectivity index (χ0n) is 14.9. The van der Waals surface area contributed by atoms with Crippen LogP contribution in [0.3, 0.4) is 0 Å². The minimum absolute atomic E-state index is 0.180. The van der Waals surface area contributed by atoms with Crippen molar-refractivity contribution in [2.45, 2.75) is 26.2 Å². The van der Waals surface area contributed by atoms with Gasteiger partial charge in [0.1, 0.15) is 5.75 Å². The second-order valence-corrected chi connectivity index (χ2v) is 7.28. The Hall–Kier alpha value is -2.80. The topological polar surface area (TPSA) is 20.2 Å². The molecule has 0 saturated heterocycles. The zero-order chi connectivity index (χ0) is 17.6. The molecule has 0 aromatic heterocycles. The number of aryl methyl sites for hydroxylation is 1. The molecule has 4 aromatic rings. The van der Waals surface area contributed by atoms with Crippen molar-refractivity contribution >= 4 is 21.5 Å². The third-order valence-corrected chi connectivity index (χ3v) is 5.39. The van der Waals surface area contributed by atoms with E-state index in [-0.39, 0.29) is 5.41 Å². The summed E-state index contributed by atoms with van der Waals surface area (Å²) < 4.78 is 0. The van der Waals surface area contributed by atoms with Crippen LogP contribution in [0, 0.1) is 6.92 Å². The average Bonchev–Trinajstić information content (AvgIpc) is 2.62. The van der Waals surface area contributed by atoms with E-state index in [0.29, 0.717) is 5.75 Å². The number of hydrogen-bond acceptors (Lipinski definition) is 1. The van der Waals surface area contributed by atoms with E-state index in [1.165, 1.54) is 27.5 Å². The molecule has 25 heavy (non-hydrogen) atoms. The van der Waals surface area contributed by atoms with E-state index in [2.05, 4.69) is 69.3 Å². The molecule has 0 unspecified atom stereocenters. The summed E-state index contributed by atoms with van der Waals surface area (Å²) in [6, 6.07) is 25.0. The van der Waals surface area contributed by atoms with Crippen molar-refractivity contribution in [1.82, 2.24) is 0 Å². The fraction of sp³-hybridized carbons (Fsp3) is 0.167. The molecule has 0 aliphatic rings. The molecule has 0 fully saturated rings. The number of hydrogen-bond donors (Lipinski definition) is 1. The Morgan fingerprint density at radius 1 is 0.600 bits per heavy atom. The number of phenolic OH excluding ortho intramolecular Hbond substituents is 1. The molecule has 1 heteroatoms. The van der Waals surface area contributed by atoms with Crippen LogP contribution in [-0.2, 0) is 5.41 Å². The summed E-state index contributed by atoms with van der Waals surface area (Å²) in [7, 11) is 0. The summed E-state index contributed by atoms with van der Waals surface area (Å²) in [5.41, 5.74) is 3.66. The molecule has 0 aliphatic heterocycles. The van der Waals surface area contributed by atoms with Crippen LogP contribution in [0.4, 0.5) is 0 Å². The van der Waals surface area contributed by atoms with Gasteiger partial charge in [-0.25, -0.2) is 0 Å². The minimum Gasteiger partial charge on any atom is -0.507 e. The van der Waals surface area contributed by atoms with Gasteiger partial charge in [-0.2, -0.15) is 0 Å². The van der Waals surface area contributed by atoms with Crippen LogP contribution < -0.4 is 0 Å². The Morgan fingerprint density at radius 2 is 1.08 bits per heavy atom. The lowest BCUT2D eigenvalue weighted by Crippen LogP contribution is -2.20. The number of benzene rings is 4. The zero-order valence-corrected chi connectivity index (χ0v) is 14.9. The van der Waals surface area contributed by atoms with Gasteiger partial charge in [0.15, 0.2) is 0 Å². The number of fused-ring (bicyclic) bond motifs is 2. The van der Waals surface area contributed by atoms with Crippen LogP contribution >= 0.6 is 0 Å². The fourth-order valence-electron chi connectivity index (χ4n) is 3.97. The Morgan fingerprint density at radius 3 is 1.72 bits per heavy atom. The van der Waals surface area contributed by atoms with Gasteiger partial charge in [-0.05, 0) is 45.8 Å². The summed E-state index contributed by atoms with van der Waals surface area (Å²) in [6.07, 6.45) is 0. The van der Waals surface area contributed by atoms with Gasteiger partial charge < -0.3 is 5.11 Å². The molecule has 4 aromatic carbocycles. The highest BCUT2D eigenvalue weighted by Crippen LogP contribution is 2.41. The van der Waals surface area contributed by atoms with Crippen molar-refractivity contribution in [2.75, 3.05) is 0 Å². The van der Waals surface area contributed by atoms with Gasteiger partial charge in [-0.1, -0.05) is 80.6 Å². The first kappa shape index (κ1) is 15.7. The van der Waals surface area contributed by atoms with Crippen molar-refractivity contribution in [3.05, 3.63) is 89.5 Å². The van der Waals surface area contributed by atoms with E-state index >= 15 is 0 Å². The molecule has 0 spiro atoms. The fourth-order valence-corrected chi connectivity index (χ4v) is 3.97. The maximum absolute atomic E-state index is 10.2. The molecule has 4 rings (SSSR count). The monoisotopic (exact) mass is 326 g/mol. The Kier molecular flexibility index (Phi) is 3.54. The minimum atomic E-state index is -0.180. The molecule has 0 amide bonds. The highest BCUT2D eigenvalue weighted by Gasteiger charge is 2.27. The standard InChI is InChI=1S/C24H22O/c1-16-12-13-21(18-9-5-4-8-17(16)18)24(2,3)22-14-15-23(25)20-11-7-6-10-19(20)22/h4-15,25H,1-3H3. The Balaban J connectivity index is 2.04. The van der Waals surface area contributed by atoms with Gasteiger partial charge in [0.05, 0.1) is 0 Å². The van der Waals surface area contributed by atoms with Crippen molar-refractivity contribution in [1.29, 1.82) is 0 Å². The SMILES string of the molecule is Cc1ccc(C(C)(C)c2ccc(O)c3ccccc23)c2ccccc12. The third-order valence-electron chi connectivity index (χ3n) is 5.39. The summed E-state index contributed by atoms with van der Waals surface area (Å²) in [6.45, 7) is 6.70. The maximum atomic E-state index is 10.2. The maximum Gasteiger partial charge on any atom is 0.123 e. The molecule has 0 saturated carbocycles. The first-order chi connectivity index (χ1) is 12.0. The first-order valence-electron chi connectivity index (χ1n) is 8.70. The van der Waals surface area contributed by atoms with Crippen molar-refractivity contribution in [3.63, 3.8) is 0 Å². The lowest BCUT2D eigenvalue weighted by molar-refractivity contribution is 0.481. The summed E-state index contributed by atoms with van der Waals surface area (Å²) >= 11 is 0. The predicted octanol–water partition coefficient (Wildman–Crippen LogP) is 6.33. The molecular weight excluding hydrogens is 304 g/mol. The van der Waals surface area contributed by atoms with Gasteiger partial charge in [-0.3, -0.25) is 0 Å². The van der Waals surface area contributed by atoms with Gasteiger partial charge in [0.25, 0.3) is 0 Å². The van der Waals surface area contributed by atoms with Crippen molar-refractivity contribution < 1.29 is 5.11 Å². The van der Waals surface area contributed by atoms with Crippen LogP contribution in [0.5, 0.6) is 5.75 Å².